The topological polar surface area (TPSA) is 26.3 Å². The summed E-state index contributed by atoms with van der Waals surface area (Å²) >= 11 is 0. The molecule has 2 aromatic carbocycles. The van der Waals surface area contributed by atoms with E-state index < -0.39 is 11.6 Å². The van der Waals surface area contributed by atoms with E-state index in [0.717, 1.165) is 29.5 Å². The van der Waals surface area contributed by atoms with Crippen LogP contribution < -0.4 is 0 Å². The van der Waals surface area contributed by atoms with Gasteiger partial charge in [0.25, 0.3) is 0 Å². The predicted molar refractivity (Wildman–Crippen MR) is 93.6 cm³/mol. The van der Waals surface area contributed by atoms with Crippen molar-refractivity contribution >= 4 is 5.97 Å². The molecule has 24 heavy (non-hydrogen) atoms. The molecular formula is C21H21FO2. The van der Waals surface area contributed by atoms with Crippen LogP contribution in [0.3, 0.4) is 0 Å². The van der Waals surface area contributed by atoms with Gasteiger partial charge in [0.2, 0.25) is 0 Å². The average molecular weight is 324 g/mol. The Hall–Kier alpha value is -2.60. The first kappa shape index (κ1) is 17.7. The third-order valence-corrected chi connectivity index (χ3v) is 3.96. The van der Waals surface area contributed by atoms with Gasteiger partial charge in [-0.2, -0.15) is 0 Å². The zero-order valence-corrected chi connectivity index (χ0v) is 14.0. The molecule has 2 aromatic rings. The SMILES string of the molecule is C#CC(CCCC)(OC(C)=O)c1ccc(-c2ccc(F)cc2)cc1. The fraction of sp³-hybridized carbons (Fsp3) is 0.286. The summed E-state index contributed by atoms with van der Waals surface area (Å²) in [5, 5.41) is 0. The highest BCUT2D eigenvalue weighted by molar-refractivity contribution is 5.68. The number of terminal acetylenes is 1. The Morgan fingerprint density at radius 1 is 1.12 bits per heavy atom. The summed E-state index contributed by atoms with van der Waals surface area (Å²) < 4.78 is 18.5. The van der Waals surface area contributed by atoms with Gasteiger partial charge in [-0.1, -0.05) is 55.7 Å². The van der Waals surface area contributed by atoms with Crippen LogP contribution in [0.15, 0.2) is 48.5 Å². The molecule has 124 valence electrons. The van der Waals surface area contributed by atoms with Crippen molar-refractivity contribution in [1.82, 2.24) is 0 Å². The molecule has 0 radical (unpaired) electrons. The van der Waals surface area contributed by atoms with Crippen LogP contribution in [0.5, 0.6) is 0 Å². The van der Waals surface area contributed by atoms with Crippen LogP contribution in [-0.4, -0.2) is 5.97 Å². The third kappa shape index (κ3) is 4.02. The van der Waals surface area contributed by atoms with Crippen molar-refractivity contribution in [2.45, 2.75) is 38.7 Å². The first-order valence-corrected chi connectivity index (χ1v) is 8.04. The number of carbonyl (C=O) groups is 1. The van der Waals surface area contributed by atoms with E-state index in [0.29, 0.717) is 6.42 Å². The minimum Gasteiger partial charge on any atom is -0.442 e. The molecule has 0 saturated carbocycles. The van der Waals surface area contributed by atoms with Crippen molar-refractivity contribution in [2.75, 3.05) is 0 Å². The summed E-state index contributed by atoms with van der Waals surface area (Å²) in [4.78, 5) is 11.5. The number of rotatable bonds is 6. The molecule has 1 atom stereocenters. The molecule has 2 nitrogen and oxygen atoms in total. The Morgan fingerprint density at radius 3 is 2.12 bits per heavy atom. The fourth-order valence-corrected chi connectivity index (χ4v) is 2.68. The Morgan fingerprint density at radius 2 is 1.67 bits per heavy atom. The van der Waals surface area contributed by atoms with Crippen LogP contribution in [0.4, 0.5) is 4.39 Å². The first-order chi connectivity index (χ1) is 11.5. The molecule has 0 amide bonds. The number of hydrogen-bond donors (Lipinski definition) is 0. The zero-order valence-electron chi connectivity index (χ0n) is 14.0. The van der Waals surface area contributed by atoms with Crippen molar-refractivity contribution in [3.05, 3.63) is 59.9 Å². The van der Waals surface area contributed by atoms with E-state index in [1.807, 2.05) is 24.3 Å². The summed E-state index contributed by atoms with van der Waals surface area (Å²) in [6.45, 7) is 3.43. The van der Waals surface area contributed by atoms with E-state index in [1.165, 1.54) is 19.1 Å². The molecule has 2 rings (SSSR count). The van der Waals surface area contributed by atoms with Gasteiger partial charge in [-0.3, -0.25) is 4.79 Å². The largest absolute Gasteiger partial charge is 0.442 e. The smallest absolute Gasteiger partial charge is 0.304 e. The second-order valence-electron chi connectivity index (χ2n) is 5.75. The lowest BCUT2D eigenvalue weighted by Gasteiger charge is -2.28. The van der Waals surface area contributed by atoms with Crippen molar-refractivity contribution < 1.29 is 13.9 Å². The zero-order chi connectivity index (χ0) is 17.6. The molecule has 0 aromatic heterocycles. The molecule has 3 heteroatoms. The van der Waals surface area contributed by atoms with Crippen LogP contribution in [0.2, 0.25) is 0 Å². The van der Waals surface area contributed by atoms with Gasteiger partial charge in [-0.25, -0.2) is 4.39 Å². The minimum absolute atomic E-state index is 0.267. The molecule has 0 aliphatic carbocycles. The lowest BCUT2D eigenvalue weighted by atomic mass is 9.88. The van der Waals surface area contributed by atoms with Crippen LogP contribution >= 0.6 is 0 Å². The van der Waals surface area contributed by atoms with Gasteiger partial charge in [-0.05, 0) is 29.7 Å². The molecule has 0 aliphatic rings. The monoisotopic (exact) mass is 324 g/mol. The molecule has 1 unspecified atom stereocenters. The number of hydrogen-bond acceptors (Lipinski definition) is 2. The fourth-order valence-electron chi connectivity index (χ4n) is 2.68. The maximum Gasteiger partial charge on any atom is 0.304 e. The first-order valence-electron chi connectivity index (χ1n) is 8.04. The standard InChI is InChI=1S/C21H21FO2/c1-4-6-15-21(5-2,24-16(3)23)19-11-7-17(8-12-19)18-9-13-20(22)14-10-18/h2,7-14H,4,6,15H2,1,3H3. The average Bonchev–Trinajstić information content (AvgIpc) is 2.59. The molecule has 0 saturated heterocycles. The predicted octanol–water partition coefficient (Wildman–Crippen LogP) is 5.07. The van der Waals surface area contributed by atoms with Gasteiger partial charge in [0.05, 0.1) is 0 Å². The van der Waals surface area contributed by atoms with Crippen molar-refractivity contribution in [1.29, 1.82) is 0 Å². The van der Waals surface area contributed by atoms with Crippen LogP contribution in [0.1, 0.15) is 38.7 Å². The quantitative estimate of drug-likeness (QED) is 0.547. The molecule has 0 heterocycles. The van der Waals surface area contributed by atoms with Crippen molar-refractivity contribution in [2.24, 2.45) is 0 Å². The van der Waals surface area contributed by atoms with Crippen molar-refractivity contribution in [3.63, 3.8) is 0 Å². The van der Waals surface area contributed by atoms with Crippen LogP contribution in [-0.2, 0) is 15.1 Å². The lowest BCUT2D eigenvalue weighted by Crippen LogP contribution is -2.30. The summed E-state index contributed by atoms with van der Waals surface area (Å²) in [6, 6.07) is 13.9. The molecule has 0 N–H and O–H groups in total. The van der Waals surface area contributed by atoms with E-state index in [2.05, 4.69) is 12.8 Å². The highest BCUT2D eigenvalue weighted by atomic mass is 19.1. The van der Waals surface area contributed by atoms with Gasteiger partial charge in [-0.15, -0.1) is 6.42 Å². The third-order valence-electron chi connectivity index (χ3n) is 3.96. The second kappa shape index (κ2) is 7.79. The maximum absolute atomic E-state index is 13.0. The highest BCUT2D eigenvalue weighted by Crippen LogP contribution is 2.33. The number of halogens is 1. The van der Waals surface area contributed by atoms with Gasteiger partial charge in [0.1, 0.15) is 5.82 Å². The van der Waals surface area contributed by atoms with Gasteiger partial charge in [0.15, 0.2) is 5.60 Å². The van der Waals surface area contributed by atoms with E-state index >= 15 is 0 Å². The Labute approximate surface area is 142 Å². The lowest BCUT2D eigenvalue weighted by molar-refractivity contribution is -0.153. The summed E-state index contributed by atoms with van der Waals surface area (Å²) in [5.74, 6) is 2.01. The number of unbranched alkanes of at least 4 members (excludes halogenated alkanes) is 1. The van der Waals surface area contributed by atoms with E-state index in [9.17, 15) is 9.18 Å². The Bertz CT molecular complexity index is 726. The summed E-state index contributed by atoms with van der Waals surface area (Å²) in [5.41, 5.74) is 1.60. The second-order valence-corrected chi connectivity index (χ2v) is 5.75. The normalized spacial score (nSPS) is 12.9. The molecular weight excluding hydrogens is 303 g/mol. The van der Waals surface area contributed by atoms with E-state index in [-0.39, 0.29) is 5.82 Å². The van der Waals surface area contributed by atoms with E-state index in [4.69, 9.17) is 11.2 Å². The molecule has 0 bridgehead atoms. The van der Waals surface area contributed by atoms with E-state index in [1.54, 1.807) is 12.1 Å². The maximum atomic E-state index is 13.0. The highest BCUT2D eigenvalue weighted by Gasteiger charge is 2.32. The molecule has 0 aliphatic heterocycles. The van der Waals surface area contributed by atoms with Gasteiger partial charge < -0.3 is 4.74 Å². The Balaban J connectivity index is 2.35. The van der Waals surface area contributed by atoms with Crippen LogP contribution in [0.25, 0.3) is 11.1 Å². The molecule has 0 spiro atoms. The Kier molecular flexibility index (Phi) is 5.76. The van der Waals surface area contributed by atoms with Crippen molar-refractivity contribution in [3.8, 4) is 23.5 Å². The number of benzene rings is 2. The van der Waals surface area contributed by atoms with Crippen LogP contribution in [0, 0.1) is 18.2 Å². The molecule has 0 fully saturated rings. The van der Waals surface area contributed by atoms with Gasteiger partial charge in [0, 0.05) is 18.9 Å². The minimum atomic E-state index is -1.04. The summed E-state index contributed by atoms with van der Waals surface area (Å²) in [7, 11) is 0. The number of carbonyl (C=O) groups excluding carboxylic acids is 1. The van der Waals surface area contributed by atoms with Gasteiger partial charge >= 0.3 is 5.97 Å². The summed E-state index contributed by atoms with van der Waals surface area (Å²) in [6.07, 6.45) is 8.12. The number of ether oxygens (including phenoxy) is 1. The number of esters is 1.